The van der Waals surface area contributed by atoms with Gasteiger partial charge < -0.3 is 5.11 Å². The van der Waals surface area contributed by atoms with Crippen LogP contribution < -0.4 is 0 Å². The van der Waals surface area contributed by atoms with Gasteiger partial charge >= 0.3 is 5.97 Å². The fraction of sp³-hybridized carbons (Fsp3) is 0.364. The summed E-state index contributed by atoms with van der Waals surface area (Å²) in [5.74, 6) is -2.71. The van der Waals surface area contributed by atoms with Crippen molar-refractivity contribution in [3.05, 3.63) is 35.4 Å². The van der Waals surface area contributed by atoms with E-state index in [2.05, 4.69) is 0 Å². The van der Waals surface area contributed by atoms with E-state index in [1.54, 1.807) is 6.07 Å². The van der Waals surface area contributed by atoms with Crippen LogP contribution in [0.2, 0.25) is 0 Å². The van der Waals surface area contributed by atoms with Crippen LogP contribution in [0.25, 0.3) is 0 Å². The van der Waals surface area contributed by atoms with Gasteiger partial charge in [0.15, 0.2) is 0 Å². The van der Waals surface area contributed by atoms with Crippen LogP contribution in [0.1, 0.15) is 23.5 Å². The predicted octanol–water partition coefficient (Wildman–Crippen LogP) is 3.60. The number of rotatable bonds is 3. The minimum Gasteiger partial charge on any atom is -0.481 e. The Bertz CT molecular complexity index is 463. The summed E-state index contributed by atoms with van der Waals surface area (Å²) in [6.45, 7) is 0. The molecule has 0 saturated heterocycles. The molecule has 1 aromatic carbocycles. The van der Waals surface area contributed by atoms with E-state index in [-0.39, 0.29) is 5.56 Å². The van der Waals surface area contributed by atoms with E-state index >= 15 is 0 Å². The molecule has 6 heteroatoms. The highest BCUT2D eigenvalue weighted by Gasteiger charge is 2.68. The van der Waals surface area contributed by atoms with Gasteiger partial charge in [-0.3, -0.25) is 4.79 Å². The predicted molar refractivity (Wildman–Crippen MR) is 59.7 cm³/mol. The molecule has 0 amide bonds. The molecule has 0 aromatic heterocycles. The molecule has 1 aromatic rings. The molecule has 2 rings (SSSR count). The van der Waals surface area contributed by atoms with E-state index in [0.717, 1.165) is 0 Å². The summed E-state index contributed by atoms with van der Waals surface area (Å²) in [7, 11) is 0. The lowest BCUT2D eigenvalue weighted by Crippen LogP contribution is -2.03. The van der Waals surface area contributed by atoms with Gasteiger partial charge in [-0.2, -0.15) is 0 Å². The van der Waals surface area contributed by atoms with Gasteiger partial charge in [-0.05, 0) is 11.6 Å². The summed E-state index contributed by atoms with van der Waals surface area (Å²) in [6.07, 6.45) is -2.60. The molecule has 1 saturated carbocycles. The molecule has 0 spiro atoms. The summed E-state index contributed by atoms with van der Waals surface area (Å²) in [5.41, 5.74) is 0.267. The maximum Gasteiger partial charge on any atom is 0.310 e. The standard InChI is InChI=1S/C11H8Cl2F2O2/c12-11(13)7(8(11)10(16)17)5-2-1-3-6(4-5)9(14)15/h1-4,7-9H,(H,16,17). The zero-order chi connectivity index (χ0) is 12.8. The molecule has 17 heavy (non-hydrogen) atoms. The Labute approximate surface area is 106 Å². The summed E-state index contributed by atoms with van der Waals surface area (Å²) in [5, 5.41) is 8.88. The lowest BCUT2D eigenvalue weighted by Gasteiger charge is -2.04. The van der Waals surface area contributed by atoms with Crippen LogP contribution in [-0.2, 0) is 4.79 Å². The highest BCUT2D eigenvalue weighted by molar-refractivity contribution is 6.53. The Hall–Kier alpha value is -0.870. The maximum absolute atomic E-state index is 12.5. The fourth-order valence-electron chi connectivity index (χ4n) is 1.94. The molecule has 2 atom stereocenters. The SMILES string of the molecule is O=C(O)C1C(c2cccc(C(F)F)c2)C1(Cl)Cl. The molecular weight excluding hydrogens is 273 g/mol. The van der Waals surface area contributed by atoms with Crippen molar-refractivity contribution in [1.29, 1.82) is 0 Å². The van der Waals surface area contributed by atoms with Crippen LogP contribution >= 0.6 is 23.2 Å². The number of hydrogen-bond donors (Lipinski definition) is 1. The summed E-state index contributed by atoms with van der Waals surface area (Å²) < 4.78 is 23.6. The third kappa shape index (κ3) is 2.11. The number of hydrogen-bond acceptors (Lipinski definition) is 1. The van der Waals surface area contributed by atoms with E-state index in [0.29, 0.717) is 5.56 Å². The average molecular weight is 281 g/mol. The Balaban J connectivity index is 2.31. The van der Waals surface area contributed by atoms with Gasteiger partial charge in [0.25, 0.3) is 6.43 Å². The smallest absolute Gasteiger partial charge is 0.310 e. The number of carboxylic acids is 1. The number of aliphatic carboxylic acids is 1. The van der Waals surface area contributed by atoms with Crippen LogP contribution in [0.15, 0.2) is 24.3 Å². The Morgan fingerprint density at radius 3 is 2.53 bits per heavy atom. The number of carboxylic acid groups (broad SMARTS) is 1. The molecule has 1 fully saturated rings. The highest BCUT2D eigenvalue weighted by atomic mass is 35.5. The second-order valence-corrected chi connectivity index (χ2v) is 5.38. The first-order valence-corrected chi connectivity index (χ1v) is 5.60. The third-order valence-corrected chi connectivity index (χ3v) is 3.78. The van der Waals surface area contributed by atoms with Gasteiger partial charge in [-0.15, -0.1) is 0 Å². The Kier molecular flexibility index (Phi) is 3.04. The quantitative estimate of drug-likeness (QED) is 0.859. The monoisotopic (exact) mass is 280 g/mol. The molecule has 2 nitrogen and oxygen atoms in total. The molecule has 0 bridgehead atoms. The number of benzene rings is 1. The minimum absolute atomic E-state index is 0.164. The van der Waals surface area contributed by atoms with Gasteiger partial charge in [-0.1, -0.05) is 41.4 Å². The zero-order valence-electron chi connectivity index (χ0n) is 8.41. The van der Waals surface area contributed by atoms with Gasteiger partial charge in [0.1, 0.15) is 4.33 Å². The summed E-state index contributed by atoms with van der Waals surface area (Å²) in [4.78, 5) is 10.9. The van der Waals surface area contributed by atoms with E-state index in [9.17, 15) is 13.6 Å². The van der Waals surface area contributed by atoms with Crippen LogP contribution in [0.5, 0.6) is 0 Å². The lowest BCUT2D eigenvalue weighted by molar-refractivity contribution is -0.138. The van der Waals surface area contributed by atoms with Crippen LogP contribution in [0.4, 0.5) is 8.78 Å². The molecule has 92 valence electrons. The van der Waals surface area contributed by atoms with Crippen molar-refractivity contribution in [2.45, 2.75) is 16.7 Å². The largest absolute Gasteiger partial charge is 0.481 e. The van der Waals surface area contributed by atoms with Crippen molar-refractivity contribution in [3.63, 3.8) is 0 Å². The second kappa shape index (κ2) is 4.10. The molecule has 0 aliphatic heterocycles. The van der Waals surface area contributed by atoms with Gasteiger partial charge in [-0.25, -0.2) is 8.78 Å². The first-order chi connectivity index (χ1) is 7.85. The van der Waals surface area contributed by atoms with Crippen molar-refractivity contribution < 1.29 is 18.7 Å². The topological polar surface area (TPSA) is 37.3 Å². The molecule has 0 heterocycles. The highest BCUT2D eigenvalue weighted by Crippen LogP contribution is 2.65. The first kappa shape index (κ1) is 12.6. The Morgan fingerprint density at radius 1 is 1.41 bits per heavy atom. The van der Waals surface area contributed by atoms with E-state index in [1.807, 2.05) is 0 Å². The van der Waals surface area contributed by atoms with Crippen LogP contribution in [0.3, 0.4) is 0 Å². The van der Waals surface area contributed by atoms with E-state index in [4.69, 9.17) is 28.3 Å². The number of carbonyl (C=O) groups is 1. The first-order valence-electron chi connectivity index (χ1n) is 4.84. The van der Waals surface area contributed by atoms with Gasteiger partial charge in [0, 0.05) is 11.5 Å². The lowest BCUT2D eigenvalue weighted by atomic mass is 10.1. The maximum atomic E-state index is 12.5. The molecule has 1 N–H and O–H groups in total. The van der Waals surface area contributed by atoms with E-state index < -0.39 is 28.6 Å². The molecular formula is C11H8Cl2F2O2. The van der Waals surface area contributed by atoms with Crippen molar-refractivity contribution in [1.82, 2.24) is 0 Å². The average Bonchev–Trinajstić information content (AvgIpc) is 2.82. The van der Waals surface area contributed by atoms with Crippen molar-refractivity contribution in [3.8, 4) is 0 Å². The molecule has 1 aliphatic rings. The number of alkyl halides is 4. The van der Waals surface area contributed by atoms with Gasteiger partial charge in [0.2, 0.25) is 0 Å². The minimum atomic E-state index is -2.60. The van der Waals surface area contributed by atoms with Crippen LogP contribution in [-0.4, -0.2) is 15.4 Å². The second-order valence-electron chi connectivity index (χ2n) is 3.94. The van der Waals surface area contributed by atoms with Gasteiger partial charge in [0.05, 0.1) is 5.92 Å². The molecule has 1 aliphatic carbocycles. The van der Waals surface area contributed by atoms with Crippen molar-refractivity contribution in [2.24, 2.45) is 5.92 Å². The summed E-state index contributed by atoms with van der Waals surface area (Å²) >= 11 is 11.7. The van der Waals surface area contributed by atoms with E-state index in [1.165, 1.54) is 18.2 Å². The molecule has 2 unspecified atom stereocenters. The fourth-order valence-corrected chi connectivity index (χ4v) is 2.75. The van der Waals surface area contributed by atoms with Crippen molar-refractivity contribution >= 4 is 29.2 Å². The van der Waals surface area contributed by atoms with Crippen LogP contribution in [0, 0.1) is 5.92 Å². The third-order valence-electron chi connectivity index (χ3n) is 2.84. The normalized spacial score (nSPS) is 25.9. The Morgan fingerprint density at radius 2 is 2.06 bits per heavy atom. The zero-order valence-corrected chi connectivity index (χ0v) is 9.92. The van der Waals surface area contributed by atoms with Crippen molar-refractivity contribution in [2.75, 3.05) is 0 Å². The number of halogens is 4. The summed E-state index contributed by atoms with van der Waals surface area (Å²) in [6, 6.07) is 5.52. The molecule has 0 radical (unpaired) electrons.